The van der Waals surface area contributed by atoms with Crippen LogP contribution in [0.3, 0.4) is 0 Å². The summed E-state index contributed by atoms with van der Waals surface area (Å²) in [6.07, 6.45) is 5.58. The molecule has 8 heteroatoms. The standard InChI is InChI=1S/C25H29Cl2N5O/c1-17(20-6-4-18(26)14-21(20)27)32-16-29-22-7-5-19(15-23(22)32)30-10-12-31(13-11-30)24(33)25(28)8-2-3-9-25/h4-7,14-17H,2-3,8-13,28H2,1H3. The Morgan fingerprint density at radius 3 is 2.48 bits per heavy atom. The lowest BCUT2D eigenvalue weighted by Crippen LogP contribution is -2.58. The van der Waals surface area contributed by atoms with Gasteiger partial charge in [0.05, 0.1) is 28.9 Å². The highest BCUT2D eigenvalue weighted by Crippen LogP contribution is 2.33. The average Bonchev–Trinajstić information content (AvgIpc) is 3.45. The van der Waals surface area contributed by atoms with Crippen molar-refractivity contribution in [2.24, 2.45) is 5.73 Å². The predicted octanol–water partition coefficient (Wildman–Crippen LogP) is 4.87. The molecule has 0 radical (unpaired) electrons. The number of halogens is 2. The number of carbonyl (C=O) groups excluding carboxylic acids is 1. The molecule has 1 atom stereocenters. The van der Waals surface area contributed by atoms with Crippen molar-refractivity contribution in [3.8, 4) is 0 Å². The Labute approximate surface area is 204 Å². The molecular formula is C25H29Cl2N5O. The third-order valence-electron chi connectivity index (χ3n) is 7.24. The first-order valence-electron chi connectivity index (χ1n) is 11.6. The van der Waals surface area contributed by atoms with Gasteiger partial charge >= 0.3 is 0 Å². The second-order valence-electron chi connectivity index (χ2n) is 9.31. The number of hydrogen-bond acceptors (Lipinski definition) is 4. The van der Waals surface area contributed by atoms with E-state index in [0.717, 1.165) is 61.1 Å². The molecule has 1 unspecified atom stereocenters. The second kappa shape index (κ2) is 8.82. The van der Waals surface area contributed by atoms with E-state index in [4.69, 9.17) is 28.9 Å². The minimum absolute atomic E-state index is 0.0108. The van der Waals surface area contributed by atoms with Gasteiger partial charge in [-0.3, -0.25) is 4.79 Å². The number of imidazole rings is 1. The zero-order valence-corrected chi connectivity index (χ0v) is 20.3. The molecule has 2 fully saturated rings. The van der Waals surface area contributed by atoms with Crippen LogP contribution in [0.25, 0.3) is 11.0 Å². The van der Waals surface area contributed by atoms with Crippen molar-refractivity contribution in [1.82, 2.24) is 14.5 Å². The molecule has 2 N–H and O–H groups in total. The first kappa shape index (κ1) is 22.5. The SMILES string of the molecule is CC(c1ccc(Cl)cc1Cl)n1cnc2ccc(N3CCN(C(=O)C4(N)CCCC4)CC3)cc21. The van der Waals surface area contributed by atoms with Gasteiger partial charge in [-0.15, -0.1) is 0 Å². The number of amides is 1. The van der Waals surface area contributed by atoms with Crippen LogP contribution in [0.1, 0.15) is 44.2 Å². The minimum Gasteiger partial charge on any atom is -0.368 e. The molecule has 1 amide bonds. The molecule has 1 saturated heterocycles. The van der Waals surface area contributed by atoms with E-state index in [1.807, 2.05) is 23.4 Å². The minimum atomic E-state index is -0.646. The third kappa shape index (κ3) is 4.20. The van der Waals surface area contributed by atoms with Gasteiger partial charge in [0.15, 0.2) is 0 Å². The van der Waals surface area contributed by atoms with Crippen LogP contribution < -0.4 is 10.6 Å². The maximum absolute atomic E-state index is 13.0. The lowest BCUT2D eigenvalue weighted by atomic mass is 9.97. The number of nitrogens with two attached hydrogens (primary N) is 1. The van der Waals surface area contributed by atoms with Gasteiger partial charge in [-0.25, -0.2) is 4.98 Å². The fraction of sp³-hybridized carbons (Fsp3) is 0.440. The van der Waals surface area contributed by atoms with Crippen LogP contribution in [-0.2, 0) is 4.79 Å². The van der Waals surface area contributed by atoms with Crippen LogP contribution in [0.5, 0.6) is 0 Å². The summed E-state index contributed by atoms with van der Waals surface area (Å²) in [6, 6.07) is 12.0. The topological polar surface area (TPSA) is 67.4 Å². The van der Waals surface area contributed by atoms with Gasteiger partial charge in [-0.1, -0.05) is 42.1 Å². The third-order valence-corrected chi connectivity index (χ3v) is 7.80. The van der Waals surface area contributed by atoms with E-state index in [1.165, 1.54) is 0 Å². The smallest absolute Gasteiger partial charge is 0.242 e. The fourth-order valence-corrected chi connectivity index (χ4v) is 5.78. The Balaban J connectivity index is 1.34. The summed E-state index contributed by atoms with van der Waals surface area (Å²) in [6.45, 7) is 5.09. The summed E-state index contributed by atoms with van der Waals surface area (Å²) in [5, 5.41) is 1.27. The highest BCUT2D eigenvalue weighted by Gasteiger charge is 2.40. The van der Waals surface area contributed by atoms with E-state index in [0.29, 0.717) is 23.1 Å². The highest BCUT2D eigenvalue weighted by molar-refractivity contribution is 6.35. The number of anilines is 1. The van der Waals surface area contributed by atoms with E-state index >= 15 is 0 Å². The monoisotopic (exact) mass is 485 g/mol. The summed E-state index contributed by atoms with van der Waals surface area (Å²) >= 11 is 12.6. The number of benzene rings is 2. The Hall–Kier alpha value is -2.28. The fourth-order valence-electron chi connectivity index (χ4n) is 5.21. The molecule has 0 bridgehead atoms. The number of aromatic nitrogens is 2. The largest absolute Gasteiger partial charge is 0.368 e. The summed E-state index contributed by atoms with van der Waals surface area (Å²) < 4.78 is 2.14. The second-order valence-corrected chi connectivity index (χ2v) is 10.2. The molecule has 33 heavy (non-hydrogen) atoms. The van der Waals surface area contributed by atoms with E-state index in [-0.39, 0.29) is 11.9 Å². The van der Waals surface area contributed by atoms with Gasteiger partial charge in [0.25, 0.3) is 0 Å². The lowest BCUT2D eigenvalue weighted by molar-refractivity contribution is -0.137. The van der Waals surface area contributed by atoms with E-state index in [9.17, 15) is 4.79 Å². The van der Waals surface area contributed by atoms with Crippen molar-refractivity contribution < 1.29 is 4.79 Å². The maximum atomic E-state index is 13.0. The van der Waals surface area contributed by atoms with Crippen molar-refractivity contribution in [2.75, 3.05) is 31.1 Å². The normalized spacial score (nSPS) is 19.3. The summed E-state index contributed by atoms with van der Waals surface area (Å²) in [5.41, 5.74) is 9.89. The van der Waals surface area contributed by atoms with Gasteiger partial charge in [0, 0.05) is 41.9 Å². The number of rotatable bonds is 4. The highest BCUT2D eigenvalue weighted by atomic mass is 35.5. The van der Waals surface area contributed by atoms with Gasteiger partial charge in [-0.05, 0) is 55.7 Å². The first-order valence-corrected chi connectivity index (χ1v) is 12.4. The average molecular weight is 486 g/mol. The first-order chi connectivity index (χ1) is 15.9. The number of fused-ring (bicyclic) bond motifs is 1. The van der Waals surface area contributed by atoms with Crippen LogP contribution >= 0.6 is 23.2 Å². The van der Waals surface area contributed by atoms with E-state index in [1.54, 1.807) is 6.07 Å². The van der Waals surface area contributed by atoms with Crippen molar-refractivity contribution in [1.29, 1.82) is 0 Å². The van der Waals surface area contributed by atoms with Crippen molar-refractivity contribution >= 4 is 45.8 Å². The van der Waals surface area contributed by atoms with Crippen molar-refractivity contribution in [3.05, 3.63) is 58.3 Å². The number of nitrogens with zero attached hydrogens (tertiary/aromatic N) is 4. The molecule has 2 aromatic carbocycles. The van der Waals surface area contributed by atoms with Crippen LogP contribution in [0.2, 0.25) is 10.0 Å². The Kier molecular flexibility index (Phi) is 6.02. The Bertz CT molecular complexity index is 1180. The quantitative estimate of drug-likeness (QED) is 0.571. The van der Waals surface area contributed by atoms with Gasteiger partial charge in [0.1, 0.15) is 0 Å². The van der Waals surface area contributed by atoms with Crippen molar-refractivity contribution in [3.63, 3.8) is 0 Å². The van der Waals surface area contributed by atoms with E-state index in [2.05, 4.69) is 39.6 Å². The Morgan fingerprint density at radius 1 is 1.06 bits per heavy atom. The van der Waals surface area contributed by atoms with Crippen LogP contribution in [0.15, 0.2) is 42.7 Å². The molecule has 1 aromatic heterocycles. The predicted molar refractivity (Wildman–Crippen MR) is 134 cm³/mol. The van der Waals surface area contributed by atoms with Crippen LogP contribution in [-0.4, -0.2) is 52.1 Å². The van der Waals surface area contributed by atoms with Gasteiger partial charge < -0.3 is 20.1 Å². The molecule has 2 aliphatic rings. The van der Waals surface area contributed by atoms with Gasteiger partial charge in [0.2, 0.25) is 5.91 Å². The molecule has 5 rings (SSSR count). The number of carbonyl (C=O) groups is 1. The zero-order valence-electron chi connectivity index (χ0n) is 18.8. The molecule has 3 aromatic rings. The summed E-state index contributed by atoms with van der Waals surface area (Å²) in [4.78, 5) is 21.8. The lowest BCUT2D eigenvalue weighted by Gasteiger charge is -2.39. The molecule has 174 valence electrons. The molecule has 0 spiro atoms. The molecule has 2 heterocycles. The number of hydrogen-bond donors (Lipinski definition) is 1. The summed E-state index contributed by atoms with van der Waals surface area (Å²) in [5.74, 6) is 0.127. The van der Waals surface area contributed by atoms with Crippen LogP contribution in [0, 0.1) is 0 Å². The molecule has 1 aliphatic carbocycles. The number of piperazine rings is 1. The maximum Gasteiger partial charge on any atom is 0.242 e. The molecule has 6 nitrogen and oxygen atoms in total. The van der Waals surface area contributed by atoms with Crippen molar-refractivity contribution in [2.45, 2.75) is 44.2 Å². The van der Waals surface area contributed by atoms with Gasteiger partial charge in [-0.2, -0.15) is 0 Å². The zero-order chi connectivity index (χ0) is 23.2. The Morgan fingerprint density at radius 2 is 1.79 bits per heavy atom. The van der Waals surface area contributed by atoms with Crippen LogP contribution in [0.4, 0.5) is 5.69 Å². The molecule has 1 saturated carbocycles. The molecular weight excluding hydrogens is 457 g/mol. The van der Waals surface area contributed by atoms with E-state index < -0.39 is 5.54 Å². The summed E-state index contributed by atoms with van der Waals surface area (Å²) in [7, 11) is 0. The molecule has 1 aliphatic heterocycles.